The van der Waals surface area contributed by atoms with Gasteiger partial charge in [0.1, 0.15) is 5.75 Å². The van der Waals surface area contributed by atoms with Gasteiger partial charge in [0.05, 0.1) is 22.1 Å². The smallest absolute Gasteiger partial charge is 0.280 e. The van der Waals surface area contributed by atoms with Gasteiger partial charge >= 0.3 is 0 Å². The van der Waals surface area contributed by atoms with E-state index in [4.69, 9.17) is 0 Å². The first-order valence-corrected chi connectivity index (χ1v) is 9.70. The van der Waals surface area contributed by atoms with Gasteiger partial charge in [-0.2, -0.15) is 0 Å². The normalized spacial score (nSPS) is 11.1. The number of phenols is 1. The summed E-state index contributed by atoms with van der Waals surface area (Å²) in [5.41, 5.74) is 3.91. The fourth-order valence-corrected chi connectivity index (χ4v) is 3.52. The van der Waals surface area contributed by atoms with Crippen LogP contribution in [0.1, 0.15) is 15.9 Å². The molecule has 31 heavy (non-hydrogen) atoms. The third kappa shape index (κ3) is 3.32. The maximum Gasteiger partial charge on any atom is 0.280 e. The van der Waals surface area contributed by atoms with Gasteiger partial charge in [-0.3, -0.25) is 19.7 Å². The van der Waals surface area contributed by atoms with Gasteiger partial charge in [-0.05, 0) is 61.5 Å². The summed E-state index contributed by atoms with van der Waals surface area (Å²) in [6.07, 6.45) is 1.55. The maximum absolute atomic E-state index is 12.9. The molecule has 3 N–H and O–H groups in total. The van der Waals surface area contributed by atoms with Gasteiger partial charge in [0.2, 0.25) is 0 Å². The van der Waals surface area contributed by atoms with E-state index in [0.717, 1.165) is 11.3 Å². The highest BCUT2D eigenvalue weighted by Crippen LogP contribution is 2.23. The van der Waals surface area contributed by atoms with Gasteiger partial charge in [-0.25, -0.2) is 4.68 Å². The Morgan fingerprint density at radius 2 is 1.74 bits per heavy atom. The molecular formula is C24H18N4O3. The van der Waals surface area contributed by atoms with E-state index in [2.05, 4.69) is 15.4 Å². The molecule has 0 radical (unpaired) electrons. The average molecular weight is 410 g/mol. The Hall–Kier alpha value is -4.39. The van der Waals surface area contributed by atoms with Crippen LogP contribution < -0.4 is 10.9 Å². The lowest BCUT2D eigenvalue weighted by atomic mass is 10.1. The number of aromatic nitrogens is 3. The second kappa shape index (κ2) is 7.14. The SMILES string of the molecule is Cc1ccc(-n2[nH]c3c(cnc4ccc(C(=O)Nc5ccc(O)cc5)cc43)c2=O)cc1. The monoisotopic (exact) mass is 410 g/mol. The number of aromatic amines is 1. The number of amides is 1. The molecule has 0 fully saturated rings. The lowest BCUT2D eigenvalue weighted by Crippen LogP contribution is -2.14. The Balaban J connectivity index is 1.60. The Labute approximate surface area is 176 Å². The molecular weight excluding hydrogens is 392 g/mol. The average Bonchev–Trinajstić information content (AvgIpc) is 3.12. The van der Waals surface area contributed by atoms with Crippen LogP contribution in [0, 0.1) is 6.92 Å². The Morgan fingerprint density at radius 1 is 1.00 bits per heavy atom. The second-order valence-corrected chi connectivity index (χ2v) is 7.37. The molecule has 0 aliphatic heterocycles. The highest BCUT2D eigenvalue weighted by atomic mass is 16.3. The lowest BCUT2D eigenvalue weighted by molar-refractivity contribution is 0.102. The number of H-pyrrole nitrogens is 1. The molecule has 0 aliphatic carbocycles. The minimum atomic E-state index is -0.301. The molecule has 0 atom stereocenters. The summed E-state index contributed by atoms with van der Waals surface area (Å²) in [6, 6.07) is 19.0. The molecule has 5 aromatic rings. The molecule has 2 aromatic heterocycles. The predicted octanol–water partition coefficient (Wildman–Crippen LogP) is 4.13. The van der Waals surface area contributed by atoms with Gasteiger partial charge in [0.15, 0.2) is 0 Å². The zero-order chi connectivity index (χ0) is 21.5. The van der Waals surface area contributed by atoms with Gasteiger partial charge in [-0.1, -0.05) is 17.7 Å². The molecule has 152 valence electrons. The number of nitrogens with one attached hydrogen (secondary N) is 2. The molecule has 0 saturated heterocycles. The molecule has 2 heterocycles. The van der Waals surface area contributed by atoms with Crippen molar-refractivity contribution in [1.29, 1.82) is 0 Å². The van der Waals surface area contributed by atoms with E-state index in [1.54, 1.807) is 36.5 Å². The number of rotatable bonds is 3. The van der Waals surface area contributed by atoms with Crippen molar-refractivity contribution in [3.8, 4) is 11.4 Å². The summed E-state index contributed by atoms with van der Waals surface area (Å²) < 4.78 is 1.48. The van der Waals surface area contributed by atoms with Crippen LogP contribution in [-0.2, 0) is 0 Å². The molecule has 0 aliphatic rings. The molecule has 0 unspecified atom stereocenters. The highest BCUT2D eigenvalue weighted by Gasteiger charge is 2.14. The predicted molar refractivity (Wildman–Crippen MR) is 120 cm³/mol. The molecule has 0 spiro atoms. The minimum Gasteiger partial charge on any atom is -0.508 e. The second-order valence-electron chi connectivity index (χ2n) is 7.37. The van der Waals surface area contributed by atoms with Crippen molar-refractivity contribution in [3.05, 3.63) is 94.4 Å². The Bertz CT molecular complexity index is 1500. The topological polar surface area (TPSA) is 100 Å². The summed E-state index contributed by atoms with van der Waals surface area (Å²) >= 11 is 0. The third-order valence-corrected chi connectivity index (χ3v) is 5.20. The number of benzene rings is 3. The fourth-order valence-electron chi connectivity index (χ4n) is 3.52. The Morgan fingerprint density at radius 3 is 2.48 bits per heavy atom. The summed E-state index contributed by atoms with van der Waals surface area (Å²) in [6.45, 7) is 1.99. The van der Waals surface area contributed by atoms with Gasteiger partial charge in [-0.15, -0.1) is 0 Å². The minimum absolute atomic E-state index is 0.124. The van der Waals surface area contributed by atoms with Gasteiger partial charge in [0, 0.05) is 22.8 Å². The molecule has 7 nitrogen and oxygen atoms in total. The number of pyridine rings is 1. The number of carbonyl (C=O) groups excluding carboxylic acids is 1. The first kappa shape index (κ1) is 18.6. The summed E-state index contributed by atoms with van der Waals surface area (Å²) in [5, 5.41) is 16.5. The van der Waals surface area contributed by atoms with Crippen LogP contribution in [0.25, 0.3) is 27.5 Å². The number of hydrogen-bond acceptors (Lipinski definition) is 4. The number of phenolic OH excluding ortho intramolecular Hbond substituents is 1. The van der Waals surface area contributed by atoms with E-state index in [0.29, 0.717) is 33.1 Å². The van der Waals surface area contributed by atoms with E-state index in [-0.39, 0.29) is 17.2 Å². The lowest BCUT2D eigenvalue weighted by Gasteiger charge is -2.07. The highest BCUT2D eigenvalue weighted by molar-refractivity contribution is 6.10. The standard InChI is InChI=1S/C24H18N4O3/c1-14-2-7-17(8-3-14)28-24(31)20-13-25-21-11-4-15(12-19(21)22(20)27-28)23(30)26-16-5-9-18(29)10-6-16/h2-13,27,29H,1H3,(H,26,30). The summed E-state index contributed by atoms with van der Waals surface area (Å²) in [7, 11) is 0. The summed E-state index contributed by atoms with van der Waals surface area (Å²) in [4.78, 5) is 30.1. The number of nitrogens with zero attached hydrogens (tertiary/aromatic N) is 2. The number of hydrogen-bond donors (Lipinski definition) is 3. The van der Waals surface area contributed by atoms with Gasteiger partial charge < -0.3 is 10.4 Å². The van der Waals surface area contributed by atoms with Crippen LogP contribution in [0.5, 0.6) is 5.75 Å². The number of aromatic hydroxyl groups is 1. The first-order chi connectivity index (χ1) is 15.0. The van der Waals surface area contributed by atoms with E-state index in [1.165, 1.54) is 16.8 Å². The van der Waals surface area contributed by atoms with Crippen molar-refractivity contribution in [3.63, 3.8) is 0 Å². The van der Waals surface area contributed by atoms with Crippen LogP contribution in [0.2, 0.25) is 0 Å². The van der Waals surface area contributed by atoms with E-state index < -0.39 is 0 Å². The van der Waals surface area contributed by atoms with Gasteiger partial charge in [0.25, 0.3) is 11.5 Å². The van der Waals surface area contributed by atoms with Crippen molar-refractivity contribution >= 4 is 33.4 Å². The van der Waals surface area contributed by atoms with E-state index in [9.17, 15) is 14.7 Å². The van der Waals surface area contributed by atoms with Crippen molar-refractivity contribution < 1.29 is 9.90 Å². The van der Waals surface area contributed by atoms with Crippen LogP contribution in [0.4, 0.5) is 5.69 Å². The van der Waals surface area contributed by atoms with Crippen LogP contribution in [-0.4, -0.2) is 25.8 Å². The van der Waals surface area contributed by atoms with Crippen LogP contribution in [0.15, 0.2) is 77.7 Å². The van der Waals surface area contributed by atoms with E-state index in [1.807, 2.05) is 31.2 Å². The largest absolute Gasteiger partial charge is 0.508 e. The van der Waals surface area contributed by atoms with E-state index >= 15 is 0 Å². The number of aryl methyl sites for hydroxylation is 1. The first-order valence-electron chi connectivity index (χ1n) is 9.70. The van der Waals surface area contributed by atoms with Crippen LogP contribution >= 0.6 is 0 Å². The van der Waals surface area contributed by atoms with Crippen molar-refractivity contribution in [2.75, 3.05) is 5.32 Å². The molecule has 1 amide bonds. The quantitative estimate of drug-likeness (QED) is 0.389. The van der Waals surface area contributed by atoms with Crippen molar-refractivity contribution in [1.82, 2.24) is 14.8 Å². The molecule has 3 aromatic carbocycles. The molecule has 0 saturated carbocycles. The Kier molecular flexibility index (Phi) is 4.29. The molecule has 0 bridgehead atoms. The number of anilines is 1. The molecule has 5 rings (SSSR count). The zero-order valence-corrected chi connectivity index (χ0v) is 16.6. The maximum atomic E-state index is 12.9. The third-order valence-electron chi connectivity index (χ3n) is 5.20. The number of carbonyl (C=O) groups is 1. The fraction of sp³-hybridized carbons (Fsp3) is 0.0417. The van der Waals surface area contributed by atoms with Crippen molar-refractivity contribution in [2.45, 2.75) is 6.92 Å². The van der Waals surface area contributed by atoms with Crippen LogP contribution in [0.3, 0.4) is 0 Å². The number of fused-ring (bicyclic) bond motifs is 3. The summed E-state index contributed by atoms with van der Waals surface area (Å²) in [5.74, 6) is -0.177. The molecule has 7 heteroatoms. The zero-order valence-electron chi connectivity index (χ0n) is 16.6. The van der Waals surface area contributed by atoms with Crippen molar-refractivity contribution in [2.24, 2.45) is 0 Å².